The van der Waals surface area contributed by atoms with Gasteiger partial charge in [-0.15, -0.1) is 34.2 Å². The lowest BCUT2D eigenvalue weighted by molar-refractivity contribution is 0.152. The average molecular weight is 568 g/mol. The predicted molar refractivity (Wildman–Crippen MR) is 143 cm³/mol. The van der Waals surface area contributed by atoms with Gasteiger partial charge in [0.1, 0.15) is 24.0 Å². The number of para-hydroxylation sites is 1. The van der Waals surface area contributed by atoms with Gasteiger partial charge in [0.05, 0.1) is 0 Å². The number of nitrogens with zero attached hydrogens (tertiary/aromatic N) is 6. The summed E-state index contributed by atoms with van der Waals surface area (Å²) in [6.45, 7) is 7.70. The first-order valence-corrected chi connectivity index (χ1v) is 12.1. The molecule has 8 nitrogen and oxygen atoms in total. The van der Waals surface area contributed by atoms with Crippen LogP contribution in [0.25, 0.3) is 0 Å². The molecule has 1 aromatic carbocycles. The van der Waals surface area contributed by atoms with Crippen LogP contribution in [0.3, 0.4) is 0 Å². The summed E-state index contributed by atoms with van der Waals surface area (Å²) in [5.74, 6) is 4.27. The van der Waals surface area contributed by atoms with Gasteiger partial charge < -0.3 is 19.5 Å². The second-order valence-corrected chi connectivity index (χ2v) is 8.56. The third-order valence-electron chi connectivity index (χ3n) is 6.35. The molecule has 0 amide bonds. The number of aryl methyl sites for hydroxylation is 2. The van der Waals surface area contributed by atoms with Gasteiger partial charge in [0.2, 0.25) is 0 Å². The van der Waals surface area contributed by atoms with Crippen LogP contribution in [0, 0.1) is 0 Å². The molecule has 0 saturated carbocycles. The van der Waals surface area contributed by atoms with Crippen molar-refractivity contribution < 1.29 is 4.74 Å². The topological polar surface area (TPSA) is 70.8 Å². The van der Waals surface area contributed by atoms with Crippen LogP contribution in [0.1, 0.15) is 37.3 Å². The Morgan fingerprint density at radius 3 is 2.64 bits per heavy atom. The minimum atomic E-state index is 0. The first-order valence-electron chi connectivity index (χ1n) is 12.1. The van der Waals surface area contributed by atoms with Crippen LogP contribution >= 0.6 is 24.0 Å². The zero-order valence-electron chi connectivity index (χ0n) is 19.8. The number of ether oxygens (including phenoxy) is 1. The highest BCUT2D eigenvalue weighted by molar-refractivity contribution is 14.0. The van der Waals surface area contributed by atoms with Crippen molar-refractivity contribution in [2.45, 2.75) is 45.1 Å². The van der Waals surface area contributed by atoms with E-state index in [-0.39, 0.29) is 24.0 Å². The molecule has 0 unspecified atom stereocenters. The molecule has 33 heavy (non-hydrogen) atoms. The molecule has 1 fully saturated rings. The summed E-state index contributed by atoms with van der Waals surface area (Å²) in [6, 6.07) is 10.0. The van der Waals surface area contributed by atoms with Crippen LogP contribution in [-0.2, 0) is 19.4 Å². The van der Waals surface area contributed by atoms with Crippen LogP contribution in [0.4, 0.5) is 0 Å². The molecule has 0 spiro atoms. The van der Waals surface area contributed by atoms with E-state index < -0.39 is 0 Å². The van der Waals surface area contributed by atoms with Gasteiger partial charge in [-0.1, -0.05) is 24.6 Å². The lowest BCUT2D eigenvalue weighted by Crippen LogP contribution is -2.53. The van der Waals surface area contributed by atoms with Crippen LogP contribution in [0.2, 0.25) is 0 Å². The highest BCUT2D eigenvalue weighted by Gasteiger charge is 2.19. The zero-order valence-corrected chi connectivity index (χ0v) is 22.1. The Kier molecular flexibility index (Phi) is 10.7. The molecule has 182 valence electrons. The summed E-state index contributed by atoms with van der Waals surface area (Å²) in [5, 5.41) is 12.4. The summed E-state index contributed by atoms with van der Waals surface area (Å²) < 4.78 is 8.19. The van der Waals surface area contributed by atoms with Gasteiger partial charge in [0.15, 0.2) is 5.96 Å². The van der Waals surface area contributed by atoms with E-state index in [1.165, 1.54) is 25.1 Å². The van der Waals surface area contributed by atoms with Crippen molar-refractivity contribution in [1.29, 1.82) is 0 Å². The molecule has 1 N–H and O–H groups in total. The largest absolute Gasteiger partial charge is 0.492 e. The third-order valence-corrected chi connectivity index (χ3v) is 6.35. The monoisotopic (exact) mass is 567 g/mol. The van der Waals surface area contributed by atoms with Gasteiger partial charge in [0, 0.05) is 65.7 Å². The molecule has 2 aromatic rings. The van der Waals surface area contributed by atoms with Crippen molar-refractivity contribution in [2.75, 3.05) is 52.9 Å². The van der Waals surface area contributed by atoms with Gasteiger partial charge in [-0.25, -0.2) is 0 Å². The molecule has 9 heteroatoms. The van der Waals surface area contributed by atoms with E-state index >= 15 is 0 Å². The number of halogens is 1. The van der Waals surface area contributed by atoms with Gasteiger partial charge in [-0.05, 0) is 31.4 Å². The molecular weight excluding hydrogens is 529 g/mol. The molecular formula is C24H38IN7O. The van der Waals surface area contributed by atoms with E-state index in [1.54, 1.807) is 0 Å². The number of hydrogen-bond donors (Lipinski definition) is 1. The normalized spacial score (nSPS) is 17.1. The number of aromatic nitrogens is 3. The minimum absolute atomic E-state index is 0. The molecule has 1 saturated heterocycles. The Morgan fingerprint density at radius 2 is 1.85 bits per heavy atom. The number of hydrogen-bond acceptors (Lipinski definition) is 5. The minimum Gasteiger partial charge on any atom is -0.492 e. The number of guanidine groups is 1. The second kappa shape index (κ2) is 13.7. The van der Waals surface area contributed by atoms with Crippen molar-refractivity contribution in [3.05, 3.63) is 42.0 Å². The smallest absolute Gasteiger partial charge is 0.193 e. The second-order valence-electron chi connectivity index (χ2n) is 8.56. The van der Waals surface area contributed by atoms with Crippen LogP contribution in [0.15, 0.2) is 35.3 Å². The van der Waals surface area contributed by atoms with Crippen molar-refractivity contribution >= 4 is 29.9 Å². The molecule has 4 rings (SSSR count). The number of rotatable bonds is 8. The maximum absolute atomic E-state index is 5.84. The Morgan fingerprint density at radius 1 is 1.03 bits per heavy atom. The maximum atomic E-state index is 5.84. The van der Waals surface area contributed by atoms with E-state index in [2.05, 4.69) is 34.9 Å². The number of fused-ring (bicyclic) bond motifs is 1. The SMILES string of the molecule is CN=C(NCCCc1nnc2n1CCCCC2)N1CCN(CCOc2ccccc2)CC1.I. The molecule has 0 radical (unpaired) electrons. The third kappa shape index (κ3) is 7.56. The van der Waals surface area contributed by atoms with E-state index in [9.17, 15) is 0 Å². The molecule has 0 bridgehead atoms. The van der Waals surface area contributed by atoms with Gasteiger partial charge in [0.25, 0.3) is 0 Å². The lowest BCUT2D eigenvalue weighted by Gasteiger charge is -2.36. The molecule has 0 atom stereocenters. The van der Waals surface area contributed by atoms with Crippen LogP contribution < -0.4 is 10.1 Å². The quantitative estimate of drug-likeness (QED) is 0.229. The molecule has 2 aliphatic rings. The first-order chi connectivity index (χ1) is 15.8. The predicted octanol–water partition coefficient (Wildman–Crippen LogP) is 2.83. The Bertz CT molecular complexity index is 850. The lowest BCUT2D eigenvalue weighted by atomic mass is 10.2. The fourth-order valence-corrected chi connectivity index (χ4v) is 4.50. The summed E-state index contributed by atoms with van der Waals surface area (Å²) in [5.41, 5.74) is 0. The highest BCUT2D eigenvalue weighted by atomic mass is 127. The summed E-state index contributed by atoms with van der Waals surface area (Å²) in [7, 11) is 1.88. The summed E-state index contributed by atoms with van der Waals surface area (Å²) in [4.78, 5) is 9.33. The molecule has 3 heterocycles. The van der Waals surface area contributed by atoms with E-state index in [0.29, 0.717) is 0 Å². The number of benzene rings is 1. The van der Waals surface area contributed by atoms with Gasteiger partial charge in [-0.2, -0.15) is 0 Å². The maximum Gasteiger partial charge on any atom is 0.193 e. The Hall–Kier alpha value is -1.88. The van der Waals surface area contributed by atoms with Crippen molar-refractivity contribution in [2.24, 2.45) is 4.99 Å². The number of nitrogens with one attached hydrogen (secondary N) is 1. The summed E-state index contributed by atoms with van der Waals surface area (Å²) in [6.07, 6.45) is 6.85. The fraction of sp³-hybridized carbons (Fsp3) is 0.625. The number of aliphatic imine (C=N–C) groups is 1. The van der Waals surface area contributed by atoms with Crippen LogP contribution in [0.5, 0.6) is 5.75 Å². The molecule has 2 aliphatic heterocycles. The van der Waals surface area contributed by atoms with E-state index in [1.807, 2.05) is 37.4 Å². The Balaban J connectivity index is 0.00000306. The van der Waals surface area contributed by atoms with Gasteiger partial charge in [-0.3, -0.25) is 9.89 Å². The van der Waals surface area contributed by atoms with E-state index in [0.717, 1.165) is 89.2 Å². The van der Waals surface area contributed by atoms with E-state index in [4.69, 9.17) is 4.74 Å². The molecule has 1 aromatic heterocycles. The van der Waals surface area contributed by atoms with Crippen molar-refractivity contribution in [3.8, 4) is 5.75 Å². The zero-order chi connectivity index (χ0) is 22.0. The standard InChI is InChI=1S/C24H37N7O.HI/c1-25-24(26-13-8-12-23-28-27-22-11-6-3-7-14-31(22)23)30-17-15-29(16-18-30)19-20-32-21-9-4-2-5-10-21;/h2,4-5,9-10H,3,6-8,11-20H2,1H3,(H,25,26);1H. The molecule has 0 aliphatic carbocycles. The van der Waals surface area contributed by atoms with Crippen LogP contribution in [-0.4, -0.2) is 83.4 Å². The summed E-state index contributed by atoms with van der Waals surface area (Å²) >= 11 is 0. The average Bonchev–Trinajstić information content (AvgIpc) is 3.06. The van der Waals surface area contributed by atoms with Gasteiger partial charge >= 0.3 is 0 Å². The van der Waals surface area contributed by atoms with Crippen molar-refractivity contribution in [1.82, 2.24) is 29.9 Å². The first kappa shape index (κ1) is 25.7. The van der Waals surface area contributed by atoms with Crippen molar-refractivity contribution in [3.63, 3.8) is 0 Å². The number of piperazine rings is 1. The Labute approximate surface area is 214 Å². The fourth-order valence-electron chi connectivity index (χ4n) is 4.50. The highest BCUT2D eigenvalue weighted by Crippen LogP contribution is 2.15.